The van der Waals surface area contributed by atoms with E-state index in [4.69, 9.17) is 0 Å². The summed E-state index contributed by atoms with van der Waals surface area (Å²) >= 11 is -0.123. The molecule has 1 aliphatic carbocycles. The molecule has 0 spiro atoms. The summed E-state index contributed by atoms with van der Waals surface area (Å²) < 4.78 is 35.0. The molecule has 0 bridgehead atoms. The summed E-state index contributed by atoms with van der Waals surface area (Å²) in [7, 11) is 0. The highest BCUT2D eigenvalue weighted by Crippen LogP contribution is 2.29. The van der Waals surface area contributed by atoms with E-state index in [1.807, 2.05) is 0 Å². The molecule has 0 atom stereocenters. The van der Waals surface area contributed by atoms with Gasteiger partial charge in [0.2, 0.25) is 5.91 Å². The number of thioether (sulfide) groups is 1. The zero-order chi connectivity index (χ0) is 11.3. The van der Waals surface area contributed by atoms with Crippen LogP contribution in [-0.4, -0.2) is 36.3 Å². The first-order valence-corrected chi connectivity index (χ1v) is 5.67. The summed E-state index contributed by atoms with van der Waals surface area (Å²) in [6.07, 6.45) is 2.16. The lowest BCUT2D eigenvalue weighted by atomic mass is 10.5. The predicted octanol–water partition coefficient (Wildman–Crippen LogP) is 1.11. The van der Waals surface area contributed by atoms with Crippen LogP contribution in [0, 0.1) is 0 Å². The smallest absolute Gasteiger partial charge is 0.354 e. The van der Waals surface area contributed by atoms with Crippen molar-refractivity contribution in [2.45, 2.75) is 24.4 Å². The monoisotopic (exact) mass is 242 g/mol. The van der Waals surface area contributed by atoms with Crippen molar-refractivity contribution < 1.29 is 18.0 Å². The number of alkyl halides is 3. The van der Waals surface area contributed by atoms with Gasteiger partial charge >= 0.3 is 5.51 Å². The molecule has 1 fully saturated rings. The van der Waals surface area contributed by atoms with Gasteiger partial charge in [-0.25, -0.2) is 0 Å². The van der Waals surface area contributed by atoms with Gasteiger partial charge in [-0.3, -0.25) is 4.79 Å². The molecule has 2 N–H and O–H groups in total. The van der Waals surface area contributed by atoms with Crippen LogP contribution in [-0.2, 0) is 4.79 Å². The van der Waals surface area contributed by atoms with E-state index >= 15 is 0 Å². The topological polar surface area (TPSA) is 41.1 Å². The normalized spacial score (nSPS) is 16.5. The minimum atomic E-state index is -4.21. The second kappa shape index (κ2) is 5.60. The average molecular weight is 242 g/mol. The molecule has 0 saturated heterocycles. The van der Waals surface area contributed by atoms with Gasteiger partial charge in [-0.15, -0.1) is 0 Å². The Morgan fingerprint density at radius 2 is 2.07 bits per heavy atom. The lowest BCUT2D eigenvalue weighted by Crippen LogP contribution is -2.36. The zero-order valence-corrected chi connectivity index (χ0v) is 8.88. The van der Waals surface area contributed by atoms with Crippen molar-refractivity contribution in [3.63, 3.8) is 0 Å². The first kappa shape index (κ1) is 12.6. The number of carbonyl (C=O) groups excluding carboxylic acids is 1. The molecule has 0 unspecified atom stereocenters. The minimum absolute atomic E-state index is 0.0509. The Bertz CT molecular complexity index is 218. The van der Waals surface area contributed by atoms with Gasteiger partial charge in [0.15, 0.2) is 0 Å². The van der Waals surface area contributed by atoms with Crippen molar-refractivity contribution in [2.24, 2.45) is 0 Å². The third-order valence-electron chi connectivity index (χ3n) is 1.82. The number of halogens is 3. The highest BCUT2D eigenvalue weighted by molar-refractivity contribution is 8.00. The van der Waals surface area contributed by atoms with E-state index in [1.54, 1.807) is 0 Å². The molecule has 1 rings (SSSR count). The molecule has 88 valence electrons. The van der Waals surface area contributed by atoms with Crippen LogP contribution in [0.4, 0.5) is 13.2 Å². The summed E-state index contributed by atoms with van der Waals surface area (Å²) in [4.78, 5) is 11.0. The van der Waals surface area contributed by atoms with Gasteiger partial charge < -0.3 is 10.6 Å². The fourth-order valence-electron chi connectivity index (χ4n) is 0.944. The summed E-state index contributed by atoms with van der Waals surface area (Å²) in [6, 6.07) is 0.431. The highest BCUT2D eigenvalue weighted by Gasteiger charge is 2.27. The molecule has 0 heterocycles. The molecule has 0 aromatic carbocycles. The molecule has 3 nitrogen and oxygen atoms in total. The molecule has 0 radical (unpaired) electrons. The Hall–Kier alpha value is -0.430. The van der Waals surface area contributed by atoms with Crippen LogP contribution in [0.25, 0.3) is 0 Å². The summed E-state index contributed by atoms with van der Waals surface area (Å²) in [5.74, 6) is -0.386. The number of rotatable bonds is 6. The lowest BCUT2D eigenvalue weighted by molar-refractivity contribution is -0.120. The van der Waals surface area contributed by atoms with Crippen molar-refractivity contribution in [3.05, 3.63) is 0 Å². The van der Waals surface area contributed by atoms with Gasteiger partial charge in [-0.2, -0.15) is 13.2 Å². The molecule has 15 heavy (non-hydrogen) atoms. The van der Waals surface area contributed by atoms with Crippen LogP contribution in [0.3, 0.4) is 0 Å². The van der Waals surface area contributed by atoms with E-state index in [2.05, 4.69) is 10.6 Å². The van der Waals surface area contributed by atoms with Crippen LogP contribution in [0.2, 0.25) is 0 Å². The Morgan fingerprint density at radius 1 is 1.40 bits per heavy atom. The maximum absolute atomic E-state index is 11.7. The highest BCUT2D eigenvalue weighted by atomic mass is 32.2. The van der Waals surface area contributed by atoms with Crippen LogP contribution in [0.15, 0.2) is 0 Å². The van der Waals surface area contributed by atoms with Gasteiger partial charge in [0.1, 0.15) is 0 Å². The molecule has 0 aromatic heterocycles. The van der Waals surface area contributed by atoms with Crippen molar-refractivity contribution >= 4 is 17.7 Å². The average Bonchev–Trinajstić information content (AvgIpc) is 2.91. The van der Waals surface area contributed by atoms with Gasteiger partial charge in [0.05, 0.1) is 6.54 Å². The zero-order valence-electron chi connectivity index (χ0n) is 8.06. The standard InChI is InChI=1S/C8H13F3N2OS/c9-8(10,11)15-4-3-12-7(14)5-13-6-1-2-6/h6,13H,1-5H2,(H,12,14). The molecule has 0 aromatic rings. The summed E-state index contributed by atoms with van der Waals surface area (Å²) in [5, 5.41) is 5.39. The number of hydrogen-bond donors (Lipinski definition) is 2. The fraction of sp³-hybridized carbons (Fsp3) is 0.875. The third-order valence-corrected chi connectivity index (χ3v) is 2.55. The Kier molecular flexibility index (Phi) is 4.72. The van der Waals surface area contributed by atoms with E-state index in [9.17, 15) is 18.0 Å². The van der Waals surface area contributed by atoms with Gasteiger partial charge in [-0.05, 0) is 24.6 Å². The maximum Gasteiger partial charge on any atom is 0.441 e. The number of hydrogen-bond acceptors (Lipinski definition) is 3. The lowest BCUT2D eigenvalue weighted by Gasteiger charge is -2.07. The second-order valence-corrected chi connectivity index (χ2v) is 4.46. The van der Waals surface area contributed by atoms with Crippen molar-refractivity contribution in [1.82, 2.24) is 10.6 Å². The maximum atomic E-state index is 11.7. The largest absolute Gasteiger partial charge is 0.441 e. The van der Waals surface area contributed by atoms with Crippen LogP contribution in [0.1, 0.15) is 12.8 Å². The molecule has 1 amide bonds. The molecular formula is C8H13F3N2OS. The van der Waals surface area contributed by atoms with Crippen LogP contribution in [0.5, 0.6) is 0 Å². The van der Waals surface area contributed by atoms with Crippen LogP contribution >= 0.6 is 11.8 Å². The first-order chi connectivity index (χ1) is 6.97. The van der Waals surface area contributed by atoms with Gasteiger partial charge in [0, 0.05) is 18.3 Å². The SMILES string of the molecule is O=C(CNC1CC1)NCCSC(F)(F)F. The quantitative estimate of drug-likeness (QED) is 0.685. The molecule has 1 saturated carbocycles. The molecule has 1 aliphatic rings. The molecule has 7 heteroatoms. The number of carbonyl (C=O) groups is 1. The second-order valence-electron chi connectivity index (χ2n) is 3.30. The Morgan fingerprint density at radius 3 is 2.60 bits per heavy atom. The molecule has 0 aliphatic heterocycles. The fourth-order valence-corrected chi connectivity index (χ4v) is 1.38. The van der Waals surface area contributed by atoms with Crippen molar-refractivity contribution in [3.8, 4) is 0 Å². The van der Waals surface area contributed by atoms with E-state index in [1.165, 1.54) is 0 Å². The van der Waals surface area contributed by atoms with Gasteiger partial charge in [-0.1, -0.05) is 0 Å². The minimum Gasteiger partial charge on any atom is -0.354 e. The van der Waals surface area contributed by atoms with E-state index in [0.29, 0.717) is 6.04 Å². The van der Waals surface area contributed by atoms with Crippen molar-refractivity contribution in [2.75, 3.05) is 18.8 Å². The van der Waals surface area contributed by atoms with E-state index < -0.39 is 5.51 Å². The third kappa shape index (κ3) is 7.49. The van der Waals surface area contributed by atoms with Gasteiger partial charge in [0.25, 0.3) is 0 Å². The summed E-state index contributed by atoms with van der Waals surface area (Å²) in [5.41, 5.74) is -4.21. The number of amides is 1. The van der Waals surface area contributed by atoms with E-state index in [0.717, 1.165) is 12.8 Å². The van der Waals surface area contributed by atoms with Crippen molar-refractivity contribution in [1.29, 1.82) is 0 Å². The predicted molar refractivity (Wildman–Crippen MR) is 52.5 cm³/mol. The Labute approximate surface area is 90.2 Å². The number of nitrogens with one attached hydrogen (secondary N) is 2. The summed E-state index contributed by atoms with van der Waals surface area (Å²) in [6.45, 7) is 0.247. The first-order valence-electron chi connectivity index (χ1n) is 4.68. The molecular weight excluding hydrogens is 229 g/mol. The van der Waals surface area contributed by atoms with E-state index in [-0.39, 0.29) is 36.5 Å². The van der Waals surface area contributed by atoms with Crippen LogP contribution < -0.4 is 10.6 Å². The Balaban J connectivity index is 1.91.